The van der Waals surface area contributed by atoms with Crippen molar-refractivity contribution in [3.05, 3.63) is 28.8 Å². The molecule has 15 heavy (non-hydrogen) atoms. The van der Waals surface area contributed by atoms with Crippen molar-refractivity contribution in [1.82, 2.24) is 0 Å². The number of benzene rings is 1. The van der Waals surface area contributed by atoms with Crippen LogP contribution in [0.15, 0.2) is 18.2 Å². The third-order valence-corrected chi connectivity index (χ3v) is 1.97. The first-order valence-electron chi connectivity index (χ1n) is 3.94. The molecule has 1 aromatic rings. The van der Waals surface area contributed by atoms with Crippen molar-refractivity contribution in [2.75, 3.05) is 5.73 Å². The van der Waals surface area contributed by atoms with Crippen LogP contribution >= 0.6 is 11.6 Å². The number of ketones is 1. The van der Waals surface area contributed by atoms with Crippen LogP contribution in [0, 0.1) is 0 Å². The Morgan fingerprint density at radius 1 is 1.40 bits per heavy atom. The van der Waals surface area contributed by atoms with Crippen molar-refractivity contribution in [3.8, 4) is 0 Å². The molecule has 0 aliphatic heterocycles. The maximum absolute atomic E-state index is 11.9. The Morgan fingerprint density at radius 2 is 2.00 bits per heavy atom. The van der Waals surface area contributed by atoms with Gasteiger partial charge in [0.15, 0.2) is 5.78 Å². The first kappa shape index (κ1) is 11.8. The van der Waals surface area contributed by atoms with E-state index in [2.05, 4.69) is 0 Å². The third-order valence-electron chi connectivity index (χ3n) is 1.65. The first-order chi connectivity index (χ1) is 6.79. The van der Waals surface area contributed by atoms with Gasteiger partial charge in [0.05, 0.1) is 5.02 Å². The number of nitrogens with two attached hydrogens (primary N) is 1. The van der Waals surface area contributed by atoms with E-state index < -0.39 is 18.4 Å². The molecule has 2 nitrogen and oxygen atoms in total. The summed E-state index contributed by atoms with van der Waals surface area (Å²) in [6.07, 6.45) is -6.04. The van der Waals surface area contributed by atoms with Gasteiger partial charge in [-0.15, -0.1) is 0 Å². The summed E-state index contributed by atoms with van der Waals surface area (Å²) in [4.78, 5) is 11.1. The van der Waals surface area contributed by atoms with Crippen molar-refractivity contribution in [3.63, 3.8) is 0 Å². The summed E-state index contributed by atoms with van der Waals surface area (Å²) < 4.78 is 35.7. The van der Waals surface area contributed by atoms with Gasteiger partial charge >= 0.3 is 6.18 Å². The number of anilines is 1. The smallest absolute Gasteiger partial charge is 0.396 e. The molecule has 0 atom stereocenters. The fraction of sp³-hybridized carbons (Fsp3) is 0.222. The zero-order valence-corrected chi connectivity index (χ0v) is 8.19. The molecule has 0 aromatic heterocycles. The standard InChI is InChI=1S/C9H7ClF3NO/c10-7-3-5(14)1-2-6(7)8(15)4-9(11,12)13/h1-3H,4,14H2. The number of rotatable bonds is 2. The van der Waals surface area contributed by atoms with E-state index in [0.717, 1.165) is 0 Å². The fourth-order valence-corrected chi connectivity index (χ4v) is 1.33. The van der Waals surface area contributed by atoms with Gasteiger partial charge in [0.1, 0.15) is 6.42 Å². The zero-order chi connectivity index (χ0) is 11.6. The molecule has 0 amide bonds. The molecule has 0 aliphatic carbocycles. The van der Waals surface area contributed by atoms with Crippen LogP contribution in [0.5, 0.6) is 0 Å². The van der Waals surface area contributed by atoms with E-state index in [1.54, 1.807) is 0 Å². The number of nitrogen functional groups attached to an aromatic ring is 1. The lowest BCUT2D eigenvalue weighted by molar-refractivity contribution is -0.125. The van der Waals surface area contributed by atoms with Gasteiger partial charge in [0.2, 0.25) is 0 Å². The van der Waals surface area contributed by atoms with Crippen molar-refractivity contribution in [1.29, 1.82) is 0 Å². The first-order valence-corrected chi connectivity index (χ1v) is 4.32. The quantitative estimate of drug-likeness (QED) is 0.635. The van der Waals surface area contributed by atoms with E-state index in [9.17, 15) is 18.0 Å². The van der Waals surface area contributed by atoms with Gasteiger partial charge in [-0.3, -0.25) is 4.79 Å². The molecule has 0 heterocycles. The molecule has 82 valence electrons. The van der Waals surface area contributed by atoms with E-state index in [-0.39, 0.29) is 10.6 Å². The molecule has 2 N–H and O–H groups in total. The minimum atomic E-state index is -4.53. The van der Waals surface area contributed by atoms with Crippen LogP contribution < -0.4 is 5.73 Å². The van der Waals surface area contributed by atoms with Crippen LogP contribution in [0.25, 0.3) is 0 Å². The average Bonchev–Trinajstić information content (AvgIpc) is 1.99. The molecule has 0 aliphatic rings. The van der Waals surface area contributed by atoms with Crippen LogP contribution in [0.3, 0.4) is 0 Å². The lowest BCUT2D eigenvalue weighted by Crippen LogP contribution is -2.15. The number of hydrogen-bond acceptors (Lipinski definition) is 2. The summed E-state index contributed by atoms with van der Waals surface area (Å²) >= 11 is 5.59. The number of carbonyl (C=O) groups excluding carboxylic acids is 1. The monoisotopic (exact) mass is 237 g/mol. The maximum Gasteiger partial charge on any atom is 0.396 e. The summed E-state index contributed by atoms with van der Waals surface area (Å²) in [6, 6.07) is 3.76. The number of hydrogen-bond donors (Lipinski definition) is 1. The van der Waals surface area contributed by atoms with Crippen molar-refractivity contribution in [2.24, 2.45) is 0 Å². The summed E-state index contributed by atoms with van der Waals surface area (Å²) in [5, 5.41) is -0.0655. The van der Waals surface area contributed by atoms with Crippen LogP contribution in [-0.4, -0.2) is 12.0 Å². The lowest BCUT2D eigenvalue weighted by Gasteiger charge is -2.07. The number of Topliss-reactive ketones (excluding diaryl/α,β-unsaturated/α-hetero) is 1. The second-order valence-electron chi connectivity index (χ2n) is 2.95. The van der Waals surface area contributed by atoms with Gasteiger partial charge in [0.25, 0.3) is 0 Å². The molecule has 0 bridgehead atoms. The minimum absolute atomic E-state index is 0.0655. The molecule has 0 fully saturated rings. The fourth-order valence-electron chi connectivity index (χ4n) is 1.03. The normalized spacial score (nSPS) is 11.5. The topological polar surface area (TPSA) is 43.1 Å². The largest absolute Gasteiger partial charge is 0.399 e. The van der Waals surface area contributed by atoms with Gasteiger partial charge in [-0.25, -0.2) is 0 Å². The number of halogens is 4. The van der Waals surface area contributed by atoms with Gasteiger partial charge in [-0.2, -0.15) is 13.2 Å². The Labute approximate surface area is 88.8 Å². The third kappa shape index (κ3) is 3.43. The van der Waals surface area contributed by atoms with Crippen molar-refractivity contribution in [2.45, 2.75) is 12.6 Å². The van der Waals surface area contributed by atoms with Crippen LogP contribution in [0.2, 0.25) is 5.02 Å². The van der Waals surface area contributed by atoms with Crippen LogP contribution in [0.4, 0.5) is 18.9 Å². The Balaban J connectivity index is 2.92. The second-order valence-corrected chi connectivity index (χ2v) is 3.36. The SMILES string of the molecule is Nc1ccc(C(=O)CC(F)(F)F)c(Cl)c1. The highest BCUT2D eigenvalue weighted by atomic mass is 35.5. The molecule has 0 spiro atoms. The van der Waals surface area contributed by atoms with Gasteiger partial charge in [-0.1, -0.05) is 11.6 Å². The van der Waals surface area contributed by atoms with Gasteiger partial charge in [0, 0.05) is 11.3 Å². The zero-order valence-electron chi connectivity index (χ0n) is 7.44. The van der Waals surface area contributed by atoms with E-state index in [1.807, 2.05) is 0 Å². The second kappa shape index (κ2) is 4.10. The predicted molar refractivity (Wildman–Crippen MR) is 50.9 cm³/mol. The van der Waals surface area contributed by atoms with E-state index in [4.69, 9.17) is 17.3 Å². The van der Waals surface area contributed by atoms with Gasteiger partial charge in [-0.05, 0) is 18.2 Å². The molecule has 1 aromatic carbocycles. The van der Waals surface area contributed by atoms with Gasteiger partial charge < -0.3 is 5.73 Å². The van der Waals surface area contributed by atoms with E-state index in [0.29, 0.717) is 5.69 Å². The summed E-state index contributed by atoms with van der Waals surface area (Å²) in [5.41, 5.74) is 5.47. The molecule has 1 rings (SSSR count). The predicted octanol–water partition coefficient (Wildman–Crippen LogP) is 3.06. The molecule has 6 heteroatoms. The summed E-state index contributed by atoms with van der Waals surface area (Å²) in [5.74, 6) is -1.06. The highest BCUT2D eigenvalue weighted by Gasteiger charge is 2.32. The highest BCUT2D eigenvalue weighted by molar-refractivity contribution is 6.34. The molecule has 0 saturated carbocycles. The molecular weight excluding hydrogens is 231 g/mol. The van der Waals surface area contributed by atoms with Crippen molar-refractivity contribution < 1.29 is 18.0 Å². The van der Waals surface area contributed by atoms with Crippen LogP contribution in [-0.2, 0) is 0 Å². The Morgan fingerprint density at radius 3 is 2.47 bits per heavy atom. The number of alkyl halides is 3. The average molecular weight is 238 g/mol. The van der Waals surface area contributed by atoms with Crippen molar-refractivity contribution >= 4 is 23.1 Å². The van der Waals surface area contributed by atoms with Crippen LogP contribution in [0.1, 0.15) is 16.8 Å². The lowest BCUT2D eigenvalue weighted by atomic mass is 10.1. The molecule has 0 saturated heterocycles. The molecule has 0 unspecified atom stereocenters. The number of carbonyl (C=O) groups is 1. The Bertz CT molecular complexity index is 389. The van der Waals surface area contributed by atoms with E-state index in [1.165, 1.54) is 18.2 Å². The molecule has 0 radical (unpaired) electrons. The summed E-state index contributed by atoms with van der Waals surface area (Å²) in [7, 11) is 0. The molecular formula is C9H7ClF3NO. The summed E-state index contributed by atoms with van der Waals surface area (Å²) in [6.45, 7) is 0. The Kier molecular flexibility index (Phi) is 3.24. The minimum Gasteiger partial charge on any atom is -0.399 e. The Hall–Kier alpha value is -1.23. The highest BCUT2D eigenvalue weighted by Crippen LogP contribution is 2.26. The maximum atomic E-state index is 11.9. The van der Waals surface area contributed by atoms with E-state index >= 15 is 0 Å².